The van der Waals surface area contributed by atoms with Crippen molar-refractivity contribution in [3.05, 3.63) is 59.5 Å². The van der Waals surface area contributed by atoms with Crippen LogP contribution < -0.4 is 10.6 Å². The van der Waals surface area contributed by atoms with Crippen LogP contribution in [-0.4, -0.2) is 26.8 Å². The summed E-state index contributed by atoms with van der Waals surface area (Å²) in [4.78, 5) is 28.1. The van der Waals surface area contributed by atoms with Crippen LogP contribution in [0.2, 0.25) is 0 Å². The van der Waals surface area contributed by atoms with E-state index in [9.17, 15) is 4.79 Å². The van der Waals surface area contributed by atoms with E-state index < -0.39 is 0 Å². The number of H-pyrrole nitrogens is 1. The van der Waals surface area contributed by atoms with Gasteiger partial charge in [0.1, 0.15) is 5.70 Å². The Morgan fingerprint density at radius 2 is 2.00 bits per heavy atom. The summed E-state index contributed by atoms with van der Waals surface area (Å²) < 4.78 is 1.07. The first-order valence-corrected chi connectivity index (χ1v) is 8.78. The third kappa shape index (κ3) is 2.62. The second kappa shape index (κ2) is 5.78. The van der Waals surface area contributed by atoms with Crippen LogP contribution in [0.1, 0.15) is 5.56 Å². The predicted octanol–water partition coefficient (Wildman–Crippen LogP) is 3.11. The second-order valence-corrected chi connectivity index (χ2v) is 6.67. The topological polar surface area (TPSA) is 95.1 Å². The van der Waals surface area contributed by atoms with Gasteiger partial charge in [-0.05, 0) is 42.0 Å². The Balaban J connectivity index is 1.42. The van der Waals surface area contributed by atoms with Gasteiger partial charge in [-0.15, -0.1) is 11.3 Å². The lowest BCUT2D eigenvalue weighted by atomic mass is 10.1. The van der Waals surface area contributed by atoms with Gasteiger partial charge in [-0.25, -0.2) is 15.0 Å². The Kier molecular flexibility index (Phi) is 3.29. The van der Waals surface area contributed by atoms with Gasteiger partial charge in [0, 0.05) is 5.69 Å². The molecule has 0 aliphatic carbocycles. The van der Waals surface area contributed by atoms with E-state index in [0.717, 1.165) is 32.5 Å². The molecule has 5 rings (SSSR count). The number of carbonyl (C=O) groups is 1. The Morgan fingerprint density at radius 1 is 1.08 bits per heavy atom. The van der Waals surface area contributed by atoms with Crippen molar-refractivity contribution in [2.75, 3.05) is 5.32 Å². The zero-order valence-corrected chi connectivity index (χ0v) is 14.2. The predicted molar refractivity (Wildman–Crippen MR) is 103 cm³/mol. The van der Waals surface area contributed by atoms with Crippen molar-refractivity contribution < 1.29 is 4.79 Å². The monoisotopic (exact) mass is 360 g/mol. The third-order valence-corrected chi connectivity index (χ3v) is 4.83. The molecule has 2 aromatic carbocycles. The number of amides is 1. The molecule has 2 aromatic heterocycles. The van der Waals surface area contributed by atoms with E-state index in [4.69, 9.17) is 0 Å². The normalized spacial score (nSPS) is 15.6. The van der Waals surface area contributed by atoms with Crippen LogP contribution in [0.3, 0.4) is 0 Å². The molecule has 126 valence electrons. The van der Waals surface area contributed by atoms with Gasteiger partial charge in [0.2, 0.25) is 5.96 Å². The Bertz CT molecular complexity index is 1220. The summed E-state index contributed by atoms with van der Waals surface area (Å²) in [5, 5.41) is 5.88. The Hall–Kier alpha value is -3.52. The van der Waals surface area contributed by atoms with Crippen molar-refractivity contribution in [2.24, 2.45) is 4.99 Å². The van der Waals surface area contributed by atoms with E-state index in [1.165, 1.54) is 0 Å². The van der Waals surface area contributed by atoms with E-state index in [2.05, 4.69) is 30.6 Å². The highest BCUT2D eigenvalue weighted by atomic mass is 32.1. The minimum absolute atomic E-state index is 0.240. The smallest absolute Gasteiger partial charge is 0.276 e. The SMILES string of the molecule is O=C1NC(Nc2ccc3ncsc3c2)=NC1=Cc1ccc2nc[nH]c2c1. The van der Waals surface area contributed by atoms with Crippen LogP contribution in [0.5, 0.6) is 0 Å². The number of nitrogens with zero attached hydrogens (tertiary/aromatic N) is 3. The number of nitrogens with one attached hydrogen (secondary N) is 3. The number of carbonyl (C=O) groups excluding carboxylic acids is 1. The first-order chi connectivity index (χ1) is 12.7. The number of imidazole rings is 1. The number of fused-ring (bicyclic) bond motifs is 2. The number of hydrogen-bond acceptors (Lipinski definition) is 6. The Labute approximate surface area is 151 Å². The van der Waals surface area contributed by atoms with Crippen molar-refractivity contribution in [2.45, 2.75) is 0 Å². The standard InChI is InChI=1S/C18H12N6OS/c25-17-15(6-10-1-3-12-14(5-10)20-8-19-12)23-18(24-17)22-11-2-4-13-16(7-11)26-9-21-13/h1-9H,(H,19,20)(H2,22,23,24,25). The van der Waals surface area contributed by atoms with Crippen LogP contribution in [0.25, 0.3) is 27.3 Å². The number of thiazole rings is 1. The molecule has 8 heteroatoms. The largest absolute Gasteiger partial charge is 0.345 e. The second-order valence-electron chi connectivity index (χ2n) is 5.78. The van der Waals surface area contributed by atoms with Crippen LogP contribution >= 0.6 is 11.3 Å². The van der Waals surface area contributed by atoms with Crippen LogP contribution in [0.15, 0.2) is 58.9 Å². The molecule has 0 bridgehead atoms. The number of guanidine groups is 1. The first-order valence-electron chi connectivity index (χ1n) is 7.90. The zero-order valence-electron chi connectivity index (χ0n) is 13.4. The fourth-order valence-corrected chi connectivity index (χ4v) is 3.51. The maximum atomic E-state index is 12.2. The van der Waals surface area contributed by atoms with Gasteiger partial charge >= 0.3 is 0 Å². The molecule has 0 unspecified atom stereocenters. The molecule has 0 spiro atoms. The van der Waals surface area contributed by atoms with Crippen molar-refractivity contribution in [3.63, 3.8) is 0 Å². The third-order valence-electron chi connectivity index (χ3n) is 4.04. The number of aromatic amines is 1. The zero-order chi connectivity index (χ0) is 17.5. The van der Waals surface area contributed by atoms with E-state index in [-0.39, 0.29) is 5.91 Å². The maximum absolute atomic E-state index is 12.2. The molecule has 0 radical (unpaired) electrons. The molecule has 7 nitrogen and oxygen atoms in total. The van der Waals surface area contributed by atoms with Crippen LogP contribution in [-0.2, 0) is 4.79 Å². The molecule has 1 aliphatic heterocycles. The van der Waals surface area contributed by atoms with Gasteiger partial charge in [0.25, 0.3) is 5.91 Å². The van der Waals surface area contributed by atoms with Gasteiger partial charge in [0.15, 0.2) is 0 Å². The number of rotatable bonds is 2. The van der Waals surface area contributed by atoms with Gasteiger partial charge in [-0.3, -0.25) is 10.1 Å². The van der Waals surface area contributed by atoms with Gasteiger partial charge in [-0.1, -0.05) is 6.07 Å². The minimum atomic E-state index is -0.240. The average molecular weight is 360 g/mol. The molecule has 0 saturated heterocycles. The fraction of sp³-hybridized carbons (Fsp3) is 0. The molecule has 3 N–H and O–H groups in total. The molecular formula is C18H12N6OS. The van der Waals surface area contributed by atoms with Gasteiger partial charge in [0.05, 0.1) is 33.1 Å². The van der Waals surface area contributed by atoms with Crippen molar-refractivity contribution in [1.82, 2.24) is 20.3 Å². The summed E-state index contributed by atoms with van der Waals surface area (Å²) in [5.41, 5.74) is 6.63. The average Bonchev–Trinajstić information content (AvgIpc) is 3.35. The van der Waals surface area contributed by atoms with E-state index in [1.807, 2.05) is 36.4 Å². The van der Waals surface area contributed by atoms with Crippen LogP contribution in [0, 0.1) is 0 Å². The van der Waals surface area contributed by atoms with E-state index in [1.54, 1.807) is 29.3 Å². The molecule has 4 aromatic rings. The quantitative estimate of drug-likeness (QED) is 0.479. The molecule has 0 saturated carbocycles. The van der Waals surface area contributed by atoms with Crippen molar-refractivity contribution in [1.29, 1.82) is 0 Å². The lowest BCUT2D eigenvalue weighted by molar-refractivity contribution is -0.115. The number of benzene rings is 2. The summed E-state index contributed by atoms with van der Waals surface area (Å²) in [6.45, 7) is 0. The first kappa shape index (κ1) is 14.8. The highest BCUT2D eigenvalue weighted by Crippen LogP contribution is 2.22. The maximum Gasteiger partial charge on any atom is 0.276 e. The molecule has 1 aliphatic rings. The van der Waals surface area contributed by atoms with E-state index >= 15 is 0 Å². The Morgan fingerprint density at radius 3 is 2.96 bits per heavy atom. The van der Waals surface area contributed by atoms with Crippen molar-refractivity contribution in [3.8, 4) is 0 Å². The van der Waals surface area contributed by atoms with Crippen LogP contribution in [0.4, 0.5) is 5.69 Å². The molecule has 3 heterocycles. The lowest BCUT2D eigenvalue weighted by Gasteiger charge is -2.04. The number of aliphatic imine (C=N–C) groups is 1. The van der Waals surface area contributed by atoms with Crippen molar-refractivity contribution >= 4 is 56.2 Å². The molecule has 1 amide bonds. The number of anilines is 1. The minimum Gasteiger partial charge on any atom is -0.345 e. The summed E-state index contributed by atoms with van der Waals surface area (Å²) in [7, 11) is 0. The molecule has 0 fully saturated rings. The van der Waals surface area contributed by atoms with Gasteiger partial charge in [-0.2, -0.15) is 0 Å². The summed E-state index contributed by atoms with van der Waals surface area (Å²) in [6, 6.07) is 11.6. The summed E-state index contributed by atoms with van der Waals surface area (Å²) in [6.07, 6.45) is 3.39. The highest BCUT2D eigenvalue weighted by Gasteiger charge is 2.20. The summed E-state index contributed by atoms with van der Waals surface area (Å²) in [5.74, 6) is 0.170. The molecule has 26 heavy (non-hydrogen) atoms. The molecule has 0 atom stereocenters. The fourth-order valence-electron chi connectivity index (χ4n) is 2.80. The highest BCUT2D eigenvalue weighted by molar-refractivity contribution is 7.16. The number of aromatic nitrogens is 3. The number of hydrogen-bond donors (Lipinski definition) is 3. The molecular weight excluding hydrogens is 348 g/mol. The summed E-state index contributed by atoms with van der Waals surface area (Å²) >= 11 is 1.57. The van der Waals surface area contributed by atoms with Gasteiger partial charge < -0.3 is 10.3 Å². The van der Waals surface area contributed by atoms with E-state index in [0.29, 0.717) is 11.7 Å². The lowest BCUT2D eigenvalue weighted by Crippen LogP contribution is -2.29.